The van der Waals surface area contributed by atoms with Crippen molar-refractivity contribution in [2.45, 2.75) is 37.7 Å². The first kappa shape index (κ1) is 30.1. The van der Waals surface area contributed by atoms with Crippen LogP contribution in [0.1, 0.15) is 42.0 Å². The summed E-state index contributed by atoms with van der Waals surface area (Å²) in [5, 5.41) is 2.56. The van der Waals surface area contributed by atoms with Gasteiger partial charge in [-0.05, 0) is 30.0 Å². The molecule has 43 heavy (non-hydrogen) atoms. The summed E-state index contributed by atoms with van der Waals surface area (Å²) in [6, 6.07) is 18.3. The van der Waals surface area contributed by atoms with Crippen LogP contribution in [-0.4, -0.2) is 36.0 Å². The molecule has 3 N–H and O–H groups in total. The first-order chi connectivity index (χ1) is 20.4. The van der Waals surface area contributed by atoms with Gasteiger partial charge in [0.2, 0.25) is 5.91 Å². The summed E-state index contributed by atoms with van der Waals surface area (Å²) in [6.07, 6.45) is -7.50. The van der Waals surface area contributed by atoms with E-state index >= 15 is 0 Å². The van der Waals surface area contributed by atoms with E-state index in [1.54, 1.807) is 53.4 Å². The summed E-state index contributed by atoms with van der Waals surface area (Å²) in [5.74, 6) is -3.71. The average molecular weight is 602 g/mol. The van der Waals surface area contributed by atoms with Crippen molar-refractivity contribution >= 4 is 17.4 Å². The molecule has 1 amide bonds. The van der Waals surface area contributed by atoms with E-state index in [4.69, 9.17) is 10.7 Å². The van der Waals surface area contributed by atoms with Crippen molar-refractivity contribution in [3.63, 3.8) is 0 Å². The van der Waals surface area contributed by atoms with E-state index in [-0.39, 0.29) is 48.7 Å². The van der Waals surface area contributed by atoms with Gasteiger partial charge in [0.15, 0.2) is 0 Å². The van der Waals surface area contributed by atoms with Crippen LogP contribution in [-0.2, 0) is 11.0 Å². The van der Waals surface area contributed by atoms with E-state index in [2.05, 4.69) is 10.3 Å². The van der Waals surface area contributed by atoms with Crippen molar-refractivity contribution in [3.8, 4) is 0 Å². The van der Waals surface area contributed by atoms with Crippen molar-refractivity contribution in [1.82, 2.24) is 10.3 Å². The zero-order chi connectivity index (χ0) is 30.8. The maximum absolute atomic E-state index is 14.4. The van der Waals surface area contributed by atoms with Crippen molar-refractivity contribution in [3.05, 3.63) is 107 Å². The van der Waals surface area contributed by atoms with E-state index in [1.165, 1.54) is 6.20 Å². The first-order valence-electron chi connectivity index (χ1n) is 13.7. The molecule has 226 valence electrons. The van der Waals surface area contributed by atoms with Gasteiger partial charge in [-0.25, -0.2) is 0 Å². The van der Waals surface area contributed by atoms with E-state index in [0.717, 1.165) is 12.3 Å². The highest BCUT2D eigenvalue weighted by atomic mass is 19.4. The Balaban J connectivity index is 1.51. The fraction of sp³-hybridized carbons (Fsp3) is 0.323. The lowest BCUT2D eigenvalue weighted by Crippen LogP contribution is -2.48. The van der Waals surface area contributed by atoms with Gasteiger partial charge < -0.3 is 16.0 Å². The predicted molar refractivity (Wildman–Crippen MR) is 150 cm³/mol. The van der Waals surface area contributed by atoms with Gasteiger partial charge in [-0.3, -0.25) is 14.8 Å². The lowest BCUT2D eigenvalue weighted by Gasteiger charge is -2.37. The third kappa shape index (κ3) is 6.84. The van der Waals surface area contributed by atoms with Crippen LogP contribution in [0.4, 0.5) is 32.0 Å². The minimum atomic E-state index is -4.77. The van der Waals surface area contributed by atoms with Crippen LogP contribution in [0.3, 0.4) is 0 Å². The fourth-order valence-electron chi connectivity index (χ4n) is 5.59. The number of aliphatic imine (C=N–C) groups is 1. The molecule has 2 aliphatic heterocycles. The molecule has 0 radical (unpaired) electrons. The Kier molecular flexibility index (Phi) is 8.48. The monoisotopic (exact) mass is 601 g/mol. The number of halogens is 6. The molecule has 2 saturated heterocycles. The smallest absolute Gasteiger partial charge is 0.401 e. The Morgan fingerprint density at radius 3 is 2.05 bits per heavy atom. The molecular weight excluding hydrogens is 572 g/mol. The summed E-state index contributed by atoms with van der Waals surface area (Å²) in [4.78, 5) is 22.7. The molecule has 0 aliphatic carbocycles. The predicted octanol–water partition coefficient (Wildman–Crippen LogP) is 6.42. The SMILES string of the molecule is NC(=C1C(=NC(c2ccccc2)c2ccccc2)NC(=O)CC1C(F)(F)F)C1CCN(c2cncc(C(F)(F)F)c2)CC1. The molecule has 0 bridgehead atoms. The number of rotatable bonds is 5. The van der Waals surface area contributed by atoms with Gasteiger partial charge in [0, 0.05) is 42.9 Å². The number of hydrogen-bond acceptors (Lipinski definition) is 5. The average Bonchev–Trinajstić information content (AvgIpc) is 2.99. The number of amidine groups is 1. The second-order valence-corrected chi connectivity index (χ2v) is 10.6. The van der Waals surface area contributed by atoms with Crippen LogP contribution in [0.5, 0.6) is 0 Å². The lowest BCUT2D eigenvalue weighted by atomic mass is 9.82. The number of anilines is 1. The van der Waals surface area contributed by atoms with E-state index in [1.807, 2.05) is 12.1 Å². The largest absolute Gasteiger partial charge is 0.417 e. The van der Waals surface area contributed by atoms with E-state index in [0.29, 0.717) is 11.1 Å². The highest BCUT2D eigenvalue weighted by Gasteiger charge is 2.49. The van der Waals surface area contributed by atoms with Gasteiger partial charge in [0.05, 0.1) is 23.4 Å². The first-order valence-corrected chi connectivity index (χ1v) is 13.7. The number of hydrogen-bond donors (Lipinski definition) is 2. The van der Waals surface area contributed by atoms with E-state index in [9.17, 15) is 31.1 Å². The van der Waals surface area contributed by atoms with Gasteiger partial charge in [-0.2, -0.15) is 26.3 Å². The van der Waals surface area contributed by atoms with Gasteiger partial charge >= 0.3 is 12.4 Å². The van der Waals surface area contributed by atoms with Crippen LogP contribution < -0.4 is 16.0 Å². The third-order valence-corrected chi connectivity index (χ3v) is 7.80. The molecule has 1 atom stereocenters. The molecular formula is C31H29F6N5O. The molecule has 2 aromatic carbocycles. The van der Waals surface area contributed by atoms with Gasteiger partial charge in [-0.15, -0.1) is 0 Å². The summed E-state index contributed by atoms with van der Waals surface area (Å²) < 4.78 is 82.9. The third-order valence-electron chi connectivity index (χ3n) is 7.80. The minimum Gasteiger partial charge on any atom is -0.401 e. The summed E-state index contributed by atoms with van der Waals surface area (Å²) in [6.45, 7) is 0.516. The van der Waals surface area contributed by atoms with Crippen LogP contribution >= 0.6 is 0 Å². The quantitative estimate of drug-likeness (QED) is 0.331. The summed E-state index contributed by atoms with van der Waals surface area (Å²) >= 11 is 0. The van der Waals surface area contributed by atoms with Crippen molar-refractivity contribution in [2.75, 3.05) is 18.0 Å². The summed E-state index contributed by atoms with van der Waals surface area (Å²) in [7, 11) is 0. The van der Waals surface area contributed by atoms with E-state index < -0.39 is 48.1 Å². The zero-order valence-electron chi connectivity index (χ0n) is 22.9. The molecule has 1 aromatic heterocycles. The van der Waals surface area contributed by atoms with Crippen LogP contribution in [0.2, 0.25) is 0 Å². The number of carbonyl (C=O) groups is 1. The van der Waals surface area contributed by atoms with Gasteiger partial charge in [0.25, 0.3) is 0 Å². The minimum absolute atomic E-state index is 0.0252. The van der Waals surface area contributed by atoms with Crippen molar-refractivity contribution < 1.29 is 31.1 Å². The Bertz CT molecular complexity index is 1460. The highest BCUT2D eigenvalue weighted by Crippen LogP contribution is 2.41. The number of alkyl halides is 6. The number of nitrogens with two attached hydrogens (primary N) is 1. The molecule has 0 saturated carbocycles. The summed E-state index contributed by atoms with van der Waals surface area (Å²) in [5.41, 5.74) is 7.06. The second kappa shape index (κ2) is 12.1. The zero-order valence-corrected chi connectivity index (χ0v) is 22.9. The molecule has 2 fully saturated rings. The Morgan fingerprint density at radius 1 is 0.930 bits per heavy atom. The molecule has 2 aliphatic rings. The molecule has 0 spiro atoms. The molecule has 3 heterocycles. The Hall–Kier alpha value is -4.35. The maximum Gasteiger partial charge on any atom is 0.417 e. The maximum atomic E-state index is 14.4. The Labute approximate surface area is 244 Å². The number of nitrogens with one attached hydrogen (secondary N) is 1. The number of allylic oxidation sites excluding steroid dienone is 1. The number of carbonyl (C=O) groups excluding carboxylic acids is 1. The number of piperidine rings is 2. The van der Waals surface area contributed by atoms with Crippen LogP contribution in [0, 0.1) is 11.8 Å². The highest BCUT2D eigenvalue weighted by molar-refractivity contribution is 6.11. The van der Waals surface area contributed by atoms with Crippen LogP contribution in [0.15, 0.2) is 95.4 Å². The fourth-order valence-corrected chi connectivity index (χ4v) is 5.59. The van der Waals surface area contributed by atoms with Crippen LogP contribution in [0.25, 0.3) is 0 Å². The van der Waals surface area contributed by atoms with Gasteiger partial charge in [0.1, 0.15) is 11.9 Å². The molecule has 5 rings (SSSR count). The standard InChI is InChI=1S/C31H29F6N5O/c32-30(33,34)22-15-23(18-39-17-22)42-13-11-19(12-14-42)27(38)26-24(31(35,36)37)16-25(43)40-29(26)41-28(20-7-3-1-4-8-20)21-9-5-2-6-10-21/h1-10,15,17-19,24,28H,11-14,16,38H2,(H,40,41,43). The number of amides is 1. The van der Waals surface area contributed by atoms with Crippen molar-refractivity contribution in [1.29, 1.82) is 0 Å². The molecule has 3 aromatic rings. The van der Waals surface area contributed by atoms with Gasteiger partial charge in [-0.1, -0.05) is 60.7 Å². The molecule has 1 unspecified atom stereocenters. The Morgan fingerprint density at radius 2 is 1.51 bits per heavy atom. The normalized spacial score (nSPS) is 20.8. The second-order valence-electron chi connectivity index (χ2n) is 10.6. The number of pyridine rings is 1. The number of nitrogens with zero attached hydrogens (tertiary/aromatic N) is 3. The topological polar surface area (TPSA) is 83.6 Å². The van der Waals surface area contributed by atoms with Crippen molar-refractivity contribution in [2.24, 2.45) is 22.6 Å². The number of benzene rings is 2. The molecule has 12 heteroatoms. The molecule has 6 nitrogen and oxygen atoms in total. The lowest BCUT2D eigenvalue weighted by molar-refractivity contribution is -0.169. The number of aromatic nitrogens is 1.